The maximum Gasteiger partial charge on any atom is 0.0649 e. The fourth-order valence-electron chi connectivity index (χ4n) is 1.46. The number of hydrogen-bond donors (Lipinski definition) is 0. The zero-order valence-electron chi connectivity index (χ0n) is 14.0. The highest BCUT2D eigenvalue weighted by atomic mass is 15.2. The van der Waals surface area contributed by atoms with Crippen molar-refractivity contribution < 1.29 is 0 Å². The van der Waals surface area contributed by atoms with Gasteiger partial charge in [0.2, 0.25) is 0 Å². The molecular weight excluding hydrogens is 246 g/mol. The molecule has 0 unspecified atom stereocenters. The van der Waals surface area contributed by atoms with E-state index in [-0.39, 0.29) is 0 Å². The Hall–Kier alpha value is -1.64. The van der Waals surface area contributed by atoms with Gasteiger partial charge >= 0.3 is 0 Å². The fraction of sp³-hybridized carbons (Fsp3) is 0.529. The van der Waals surface area contributed by atoms with E-state index in [4.69, 9.17) is 0 Å². The van der Waals surface area contributed by atoms with Crippen LogP contribution in [0.4, 0.5) is 0 Å². The average molecular weight is 275 g/mol. The van der Waals surface area contributed by atoms with Gasteiger partial charge in [0.05, 0.1) is 5.69 Å². The first-order valence-corrected chi connectivity index (χ1v) is 7.41. The van der Waals surface area contributed by atoms with E-state index in [1.54, 1.807) is 0 Å². The predicted octanol–water partition coefficient (Wildman–Crippen LogP) is 4.77. The molecule has 112 valence electrons. The summed E-state index contributed by atoms with van der Waals surface area (Å²) in [7, 11) is 1.94. The average Bonchev–Trinajstić information content (AvgIpc) is 2.90. The maximum atomic E-state index is 4.23. The second-order valence-corrected chi connectivity index (χ2v) is 4.98. The molecule has 2 aromatic rings. The summed E-state index contributed by atoms with van der Waals surface area (Å²) in [6, 6.07) is 8.05. The lowest BCUT2D eigenvalue weighted by Crippen LogP contribution is -1.92. The summed E-state index contributed by atoms with van der Waals surface area (Å²) in [5, 5.41) is 4.23. The van der Waals surface area contributed by atoms with Gasteiger partial charge in [0, 0.05) is 25.1 Å². The van der Waals surface area contributed by atoms with Crippen LogP contribution in [0.5, 0.6) is 0 Å². The van der Waals surface area contributed by atoms with E-state index in [1.165, 1.54) is 0 Å². The molecule has 0 spiro atoms. The van der Waals surface area contributed by atoms with Gasteiger partial charge in [-0.15, -0.1) is 0 Å². The Labute approximate surface area is 124 Å². The molecule has 3 heteroatoms. The maximum absolute atomic E-state index is 4.23. The first-order valence-electron chi connectivity index (χ1n) is 7.41. The lowest BCUT2D eigenvalue weighted by molar-refractivity contribution is 0.713. The molecular formula is C17H29N3. The van der Waals surface area contributed by atoms with Crippen molar-refractivity contribution in [3.8, 4) is 0 Å². The molecule has 3 nitrogen and oxygen atoms in total. The molecule has 0 radical (unpaired) electrons. The number of rotatable bonds is 2. The highest BCUT2D eigenvalue weighted by Crippen LogP contribution is 2.09. The van der Waals surface area contributed by atoms with Gasteiger partial charge in [-0.3, -0.25) is 9.67 Å². The zero-order valence-corrected chi connectivity index (χ0v) is 14.0. The van der Waals surface area contributed by atoms with E-state index in [0.29, 0.717) is 11.8 Å². The minimum atomic E-state index is 0.547. The summed E-state index contributed by atoms with van der Waals surface area (Å²) < 4.78 is 1.83. The third-order valence-electron chi connectivity index (χ3n) is 2.61. The van der Waals surface area contributed by atoms with Gasteiger partial charge in [-0.1, -0.05) is 47.6 Å². The molecule has 0 saturated heterocycles. The molecule has 0 fully saturated rings. The van der Waals surface area contributed by atoms with Crippen LogP contribution in [0.3, 0.4) is 0 Å². The Morgan fingerprint density at radius 1 is 0.900 bits per heavy atom. The van der Waals surface area contributed by atoms with Crippen LogP contribution < -0.4 is 0 Å². The number of aryl methyl sites for hydroxylation is 1. The fourth-order valence-corrected chi connectivity index (χ4v) is 1.46. The lowest BCUT2D eigenvalue weighted by atomic mass is 10.1. The van der Waals surface area contributed by atoms with Gasteiger partial charge < -0.3 is 0 Å². The summed E-state index contributed by atoms with van der Waals surface area (Å²) in [5.41, 5.74) is 2.33. The zero-order chi connectivity index (χ0) is 15.5. The molecule has 0 bridgehead atoms. The van der Waals surface area contributed by atoms with E-state index < -0.39 is 0 Å². The van der Waals surface area contributed by atoms with Crippen LogP contribution in [0.2, 0.25) is 0 Å². The molecule has 0 atom stereocenters. The lowest BCUT2D eigenvalue weighted by Gasteiger charge is -2.00. The number of hydrogen-bond acceptors (Lipinski definition) is 2. The molecule has 2 heterocycles. The van der Waals surface area contributed by atoms with Gasteiger partial charge in [0.15, 0.2) is 0 Å². The predicted molar refractivity (Wildman–Crippen MR) is 87.0 cm³/mol. The monoisotopic (exact) mass is 275 g/mol. The largest absolute Gasteiger partial charge is 0.276 e. The SMILES string of the molecule is CC.CC(C)c1ccccn1.CC(C)c1ccn(C)n1. The van der Waals surface area contributed by atoms with Crippen molar-refractivity contribution in [2.45, 2.75) is 53.4 Å². The Bertz CT molecular complexity index is 444. The summed E-state index contributed by atoms with van der Waals surface area (Å²) in [6.07, 6.45) is 3.80. The van der Waals surface area contributed by atoms with Crippen LogP contribution in [-0.4, -0.2) is 14.8 Å². The van der Waals surface area contributed by atoms with Gasteiger partial charge in [-0.05, 0) is 30.0 Å². The Morgan fingerprint density at radius 3 is 1.75 bits per heavy atom. The van der Waals surface area contributed by atoms with Crippen molar-refractivity contribution in [3.63, 3.8) is 0 Å². The summed E-state index contributed by atoms with van der Waals surface area (Å²) in [4.78, 5) is 4.18. The Balaban J connectivity index is 0.000000321. The molecule has 2 aromatic heterocycles. The van der Waals surface area contributed by atoms with E-state index in [0.717, 1.165) is 11.4 Å². The van der Waals surface area contributed by atoms with Crippen molar-refractivity contribution in [1.82, 2.24) is 14.8 Å². The van der Waals surface area contributed by atoms with Gasteiger partial charge in [-0.2, -0.15) is 5.10 Å². The van der Waals surface area contributed by atoms with E-state index >= 15 is 0 Å². The first kappa shape index (κ1) is 18.4. The van der Waals surface area contributed by atoms with E-state index in [2.05, 4.69) is 37.8 Å². The minimum Gasteiger partial charge on any atom is -0.276 e. The Morgan fingerprint density at radius 2 is 1.50 bits per heavy atom. The standard InChI is InChI=1S/C8H11N.C7H12N2.C2H6/c1-7(2)8-5-3-4-6-9-8;1-6(2)7-4-5-9(3)8-7;1-2/h3-7H,1-2H3;4-6H,1-3H3;1-2H3. The van der Waals surface area contributed by atoms with Gasteiger partial charge in [-0.25, -0.2) is 0 Å². The van der Waals surface area contributed by atoms with Crippen LogP contribution in [0, 0.1) is 0 Å². The van der Waals surface area contributed by atoms with E-state index in [9.17, 15) is 0 Å². The molecule has 0 aromatic carbocycles. The van der Waals surface area contributed by atoms with Crippen molar-refractivity contribution in [1.29, 1.82) is 0 Å². The summed E-state index contributed by atoms with van der Waals surface area (Å²) >= 11 is 0. The molecule has 0 N–H and O–H groups in total. The van der Waals surface area contributed by atoms with Crippen molar-refractivity contribution in [2.75, 3.05) is 0 Å². The molecule has 0 amide bonds. The molecule has 2 rings (SSSR count). The highest BCUT2D eigenvalue weighted by molar-refractivity contribution is 5.06. The van der Waals surface area contributed by atoms with Crippen LogP contribution in [0.1, 0.15) is 64.8 Å². The second-order valence-electron chi connectivity index (χ2n) is 4.98. The highest BCUT2D eigenvalue weighted by Gasteiger charge is 1.99. The van der Waals surface area contributed by atoms with Crippen molar-refractivity contribution >= 4 is 0 Å². The van der Waals surface area contributed by atoms with E-state index in [1.807, 2.05) is 62.2 Å². The Kier molecular flexibility index (Phi) is 9.35. The number of nitrogens with zero attached hydrogens (tertiary/aromatic N) is 3. The molecule has 0 aliphatic heterocycles. The molecule has 20 heavy (non-hydrogen) atoms. The number of pyridine rings is 1. The van der Waals surface area contributed by atoms with Crippen molar-refractivity contribution in [3.05, 3.63) is 48.0 Å². The molecule has 0 saturated carbocycles. The summed E-state index contributed by atoms with van der Waals surface area (Å²) in [6.45, 7) is 12.6. The topological polar surface area (TPSA) is 30.7 Å². The normalized spacial score (nSPS) is 9.65. The van der Waals surface area contributed by atoms with Gasteiger partial charge in [0.25, 0.3) is 0 Å². The second kappa shape index (κ2) is 10.2. The third kappa shape index (κ3) is 7.07. The molecule has 0 aliphatic carbocycles. The minimum absolute atomic E-state index is 0.547. The summed E-state index contributed by atoms with van der Waals surface area (Å²) in [5.74, 6) is 1.09. The van der Waals surface area contributed by atoms with Gasteiger partial charge in [0.1, 0.15) is 0 Å². The van der Waals surface area contributed by atoms with Crippen LogP contribution in [0.25, 0.3) is 0 Å². The quantitative estimate of drug-likeness (QED) is 0.790. The smallest absolute Gasteiger partial charge is 0.0649 e. The van der Waals surface area contributed by atoms with Crippen LogP contribution in [-0.2, 0) is 7.05 Å². The molecule has 0 aliphatic rings. The number of aromatic nitrogens is 3. The van der Waals surface area contributed by atoms with Crippen LogP contribution in [0.15, 0.2) is 36.7 Å². The van der Waals surface area contributed by atoms with Crippen molar-refractivity contribution in [2.24, 2.45) is 7.05 Å². The first-order chi connectivity index (χ1) is 9.50. The van der Waals surface area contributed by atoms with Crippen LogP contribution >= 0.6 is 0 Å². The third-order valence-corrected chi connectivity index (χ3v) is 2.61.